The molecule has 0 aliphatic heterocycles. The molecule has 3 N–H and O–H groups in total. The predicted octanol–water partition coefficient (Wildman–Crippen LogP) is 3.66. The maximum Gasteiger partial charge on any atom is 0.433 e. The van der Waals surface area contributed by atoms with E-state index in [4.69, 9.17) is 5.73 Å². The number of anilines is 2. The summed E-state index contributed by atoms with van der Waals surface area (Å²) in [5, 5.41) is 4.85. The molecule has 102 valence electrons. The van der Waals surface area contributed by atoms with Gasteiger partial charge in [0.25, 0.3) is 0 Å². The third kappa shape index (κ3) is 3.17. The first-order chi connectivity index (χ1) is 8.88. The minimum Gasteiger partial charge on any atom is -0.396 e. The quantitative estimate of drug-likeness (QED) is 0.905. The molecule has 0 saturated carbocycles. The van der Waals surface area contributed by atoms with Gasteiger partial charge >= 0.3 is 6.18 Å². The summed E-state index contributed by atoms with van der Waals surface area (Å²) in [7, 11) is 0. The van der Waals surface area contributed by atoms with Crippen LogP contribution < -0.4 is 11.1 Å². The van der Waals surface area contributed by atoms with Crippen LogP contribution in [-0.4, -0.2) is 4.98 Å². The molecule has 0 fully saturated rings. The van der Waals surface area contributed by atoms with Crippen molar-refractivity contribution in [2.24, 2.45) is 0 Å². The zero-order valence-corrected chi connectivity index (χ0v) is 10.9. The number of rotatable bonds is 3. The van der Waals surface area contributed by atoms with Gasteiger partial charge in [-0.05, 0) is 30.0 Å². The van der Waals surface area contributed by atoms with E-state index in [0.717, 1.165) is 22.7 Å². The largest absolute Gasteiger partial charge is 0.433 e. The number of nitrogen functional groups attached to an aromatic ring is 1. The van der Waals surface area contributed by atoms with Crippen LogP contribution in [0.15, 0.2) is 23.7 Å². The molecule has 0 bridgehead atoms. The van der Waals surface area contributed by atoms with Gasteiger partial charge in [0.15, 0.2) is 0 Å². The first kappa shape index (κ1) is 13.7. The van der Waals surface area contributed by atoms with Gasteiger partial charge in [0.1, 0.15) is 5.69 Å². The Morgan fingerprint density at radius 3 is 2.74 bits per heavy atom. The fourth-order valence-corrected chi connectivity index (χ4v) is 2.38. The number of aromatic nitrogens is 1. The van der Waals surface area contributed by atoms with Crippen molar-refractivity contribution in [2.45, 2.75) is 19.6 Å². The zero-order chi connectivity index (χ0) is 14.0. The summed E-state index contributed by atoms with van der Waals surface area (Å²) in [6.07, 6.45) is -3.45. The van der Waals surface area contributed by atoms with Gasteiger partial charge in [0.05, 0.1) is 17.6 Å². The van der Waals surface area contributed by atoms with Crippen molar-refractivity contribution < 1.29 is 13.2 Å². The van der Waals surface area contributed by atoms with Crippen molar-refractivity contribution in [3.63, 3.8) is 0 Å². The highest BCUT2D eigenvalue weighted by atomic mass is 32.1. The van der Waals surface area contributed by atoms with Crippen LogP contribution in [0.1, 0.15) is 16.1 Å². The summed E-state index contributed by atoms with van der Waals surface area (Å²) in [4.78, 5) is 4.35. The average Bonchev–Trinajstić information content (AvgIpc) is 2.72. The molecule has 0 aliphatic rings. The second-order valence-electron chi connectivity index (χ2n) is 4.03. The van der Waals surface area contributed by atoms with Gasteiger partial charge in [-0.2, -0.15) is 13.2 Å². The monoisotopic (exact) mass is 287 g/mol. The van der Waals surface area contributed by atoms with E-state index in [2.05, 4.69) is 10.3 Å². The first-order valence-corrected chi connectivity index (χ1v) is 6.35. The topological polar surface area (TPSA) is 50.9 Å². The molecular weight excluding hydrogens is 275 g/mol. The molecule has 0 radical (unpaired) electrons. The fraction of sp³-hybridized carbons (Fsp3) is 0.250. The third-order valence-corrected chi connectivity index (χ3v) is 3.66. The van der Waals surface area contributed by atoms with Gasteiger partial charge in [-0.3, -0.25) is 0 Å². The summed E-state index contributed by atoms with van der Waals surface area (Å²) >= 11 is 1.54. The van der Waals surface area contributed by atoms with Gasteiger partial charge < -0.3 is 11.1 Å². The summed E-state index contributed by atoms with van der Waals surface area (Å²) in [5.41, 5.74) is 6.21. The molecule has 2 aromatic heterocycles. The Kier molecular flexibility index (Phi) is 3.66. The third-order valence-electron chi connectivity index (χ3n) is 2.63. The second-order valence-corrected chi connectivity index (χ2v) is 5.04. The fourth-order valence-electron chi connectivity index (χ4n) is 1.53. The summed E-state index contributed by atoms with van der Waals surface area (Å²) in [6, 6.07) is 2.89. The average molecular weight is 287 g/mol. The highest BCUT2D eigenvalue weighted by molar-refractivity contribution is 7.10. The van der Waals surface area contributed by atoms with Crippen LogP contribution in [0, 0.1) is 6.92 Å². The molecule has 19 heavy (non-hydrogen) atoms. The normalized spacial score (nSPS) is 11.6. The zero-order valence-electron chi connectivity index (χ0n) is 10.1. The second kappa shape index (κ2) is 5.08. The number of hydrogen-bond donors (Lipinski definition) is 2. The molecule has 0 aromatic carbocycles. The lowest BCUT2D eigenvalue weighted by atomic mass is 10.2. The Hall–Kier alpha value is -1.76. The van der Waals surface area contributed by atoms with Gasteiger partial charge in [0, 0.05) is 11.4 Å². The van der Waals surface area contributed by atoms with Gasteiger partial charge in [-0.25, -0.2) is 4.98 Å². The molecule has 2 rings (SSSR count). The smallest absolute Gasteiger partial charge is 0.396 e. The number of hydrogen-bond acceptors (Lipinski definition) is 4. The van der Waals surface area contributed by atoms with Gasteiger partial charge in [-0.15, -0.1) is 11.3 Å². The minimum atomic E-state index is -4.47. The van der Waals surface area contributed by atoms with E-state index in [1.54, 1.807) is 11.3 Å². The van der Waals surface area contributed by atoms with E-state index in [-0.39, 0.29) is 11.4 Å². The molecular formula is C12H12F3N3S. The van der Waals surface area contributed by atoms with Crippen LogP contribution in [0.4, 0.5) is 24.5 Å². The molecule has 3 nitrogen and oxygen atoms in total. The number of pyridine rings is 1. The van der Waals surface area contributed by atoms with Gasteiger partial charge in [-0.1, -0.05) is 0 Å². The van der Waals surface area contributed by atoms with E-state index < -0.39 is 11.9 Å². The maximum absolute atomic E-state index is 12.5. The number of aryl methyl sites for hydroxylation is 1. The molecule has 0 aliphatic carbocycles. The molecule has 0 saturated heterocycles. The van der Waals surface area contributed by atoms with Crippen molar-refractivity contribution in [3.05, 3.63) is 39.8 Å². The predicted molar refractivity (Wildman–Crippen MR) is 70.0 cm³/mol. The number of nitrogens with zero attached hydrogens (tertiary/aromatic N) is 1. The summed E-state index contributed by atoms with van der Waals surface area (Å²) < 4.78 is 37.6. The number of alkyl halides is 3. The molecule has 7 heteroatoms. The maximum atomic E-state index is 12.5. The molecule has 2 aromatic rings. The SMILES string of the molecule is Cc1ccsc1CNc1cc(C(F)(F)F)ncc1N. The molecule has 0 spiro atoms. The standard InChI is InChI=1S/C12H12F3N3S/c1-7-2-3-19-10(7)6-17-9-4-11(12(13,14)15)18-5-8(9)16/h2-5H,6,16H2,1H3,(H,17,18). The van der Waals surface area contributed by atoms with Crippen molar-refractivity contribution >= 4 is 22.7 Å². The van der Waals surface area contributed by atoms with Crippen molar-refractivity contribution in [3.8, 4) is 0 Å². The van der Waals surface area contributed by atoms with Crippen LogP contribution in [-0.2, 0) is 12.7 Å². The van der Waals surface area contributed by atoms with Crippen LogP contribution in [0.3, 0.4) is 0 Å². The minimum absolute atomic E-state index is 0.196. The van der Waals surface area contributed by atoms with E-state index in [0.29, 0.717) is 6.54 Å². The van der Waals surface area contributed by atoms with Crippen LogP contribution >= 0.6 is 11.3 Å². The van der Waals surface area contributed by atoms with Gasteiger partial charge in [0.2, 0.25) is 0 Å². The molecule has 2 heterocycles. The molecule has 0 amide bonds. The Labute approximate surface area is 112 Å². The highest BCUT2D eigenvalue weighted by Gasteiger charge is 2.32. The summed E-state index contributed by atoms with van der Waals surface area (Å²) in [5.74, 6) is 0. The van der Waals surface area contributed by atoms with Crippen LogP contribution in [0.2, 0.25) is 0 Å². The lowest BCUT2D eigenvalue weighted by Crippen LogP contribution is -2.10. The highest BCUT2D eigenvalue weighted by Crippen LogP contribution is 2.31. The lowest BCUT2D eigenvalue weighted by Gasteiger charge is -2.12. The lowest BCUT2D eigenvalue weighted by molar-refractivity contribution is -0.141. The van der Waals surface area contributed by atoms with Crippen molar-refractivity contribution in [2.75, 3.05) is 11.1 Å². The number of thiophene rings is 1. The van der Waals surface area contributed by atoms with Crippen molar-refractivity contribution in [1.29, 1.82) is 0 Å². The number of nitrogens with one attached hydrogen (secondary N) is 1. The first-order valence-electron chi connectivity index (χ1n) is 5.47. The van der Waals surface area contributed by atoms with E-state index >= 15 is 0 Å². The summed E-state index contributed by atoms with van der Waals surface area (Å²) in [6.45, 7) is 2.39. The van der Waals surface area contributed by atoms with E-state index in [1.807, 2.05) is 18.4 Å². The van der Waals surface area contributed by atoms with E-state index in [9.17, 15) is 13.2 Å². The molecule has 0 unspecified atom stereocenters. The van der Waals surface area contributed by atoms with E-state index in [1.165, 1.54) is 0 Å². The number of halogens is 3. The Morgan fingerprint density at radius 2 is 2.16 bits per heavy atom. The Balaban J connectivity index is 2.18. The Morgan fingerprint density at radius 1 is 1.42 bits per heavy atom. The van der Waals surface area contributed by atoms with Crippen LogP contribution in [0.5, 0.6) is 0 Å². The van der Waals surface area contributed by atoms with Crippen molar-refractivity contribution in [1.82, 2.24) is 4.98 Å². The number of nitrogens with two attached hydrogens (primary N) is 1. The molecule has 0 atom stereocenters. The Bertz CT molecular complexity index is 578. The van der Waals surface area contributed by atoms with Crippen LogP contribution in [0.25, 0.3) is 0 Å².